The average Bonchev–Trinajstić information content (AvgIpc) is 2.88. The molecule has 0 unspecified atom stereocenters. The number of thioether (sulfide) groups is 1. The molecule has 32 heavy (non-hydrogen) atoms. The predicted octanol–water partition coefficient (Wildman–Crippen LogP) is 5.58. The molecule has 0 saturated carbocycles. The molecule has 7 heteroatoms. The normalized spacial score (nSPS) is 12.7. The minimum Gasteiger partial charge on any atom is -0.466 e. The number of hydrogen-bond acceptors (Lipinski definition) is 6. The Kier molecular flexibility index (Phi) is 7.75. The number of nitrogens with one attached hydrogen (secondary N) is 2. The number of ether oxygens (including phenoxy) is 1. The molecule has 0 aromatic heterocycles. The number of anilines is 2. The van der Waals surface area contributed by atoms with Gasteiger partial charge in [0, 0.05) is 11.4 Å². The summed E-state index contributed by atoms with van der Waals surface area (Å²) in [4.78, 5) is 29.5. The number of amides is 1. The highest BCUT2D eigenvalue weighted by molar-refractivity contribution is 8.14. The lowest BCUT2D eigenvalue weighted by molar-refractivity contribution is -0.142. The highest BCUT2D eigenvalue weighted by atomic mass is 32.2. The third-order valence-electron chi connectivity index (χ3n) is 5.17. The largest absolute Gasteiger partial charge is 0.466 e. The number of carbonyl (C=O) groups is 2. The first-order valence-electron chi connectivity index (χ1n) is 10.6. The van der Waals surface area contributed by atoms with Gasteiger partial charge in [-0.1, -0.05) is 30.0 Å². The van der Waals surface area contributed by atoms with Gasteiger partial charge in [-0.15, -0.1) is 0 Å². The maximum absolute atomic E-state index is 12.6. The monoisotopic (exact) mass is 451 g/mol. The molecule has 0 radical (unpaired) electrons. The van der Waals surface area contributed by atoms with Crippen molar-refractivity contribution in [2.45, 2.75) is 41.0 Å². The average molecular weight is 452 g/mol. The maximum atomic E-state index is 12.6. The first-order valence-corrected chi connectivity index (χ1v) is 11.6. The number of aliphatic imine (C=N–C) groups is 1. The van der Waals surface area contributed by atoms with Crippen molar-refractivity contribution in [1.29, 1.82) is 0 Å². The number of hydrogen-bond donors (Lipinski definition) is 2. The van der Waals surface area contributed by atoms with Gasteiger partial charge in [0.1, 0.15) is 0 Å². The van der Waals surface area contributed by atoms with E-state index < -0.39 is 0 Å². The van der Waals surface area contributed by atoms with Crippen LogP contribution in [0, 0.1) is 27.7 Å². The van der Waals surface area contributed by atoms with Gasteiger partial charge in [-0.2, -0.15) is 0 Å². The van der Waals surface area contributed by atoms with Crippen LogP contribution in [-0.2, 0) is 14.3 Å². The van der Waals surface area contributed by atoms with E-state index in [0.717, 1.165) is 39.3 Å². The Morgan fingerprint density at radius 1 is 1.06 bits per heavy atom. The lowest BCUT2D eigenvalue weighted by Gasteiger charge is -2.12. The van der Waals surface area contributed by atoms with Gasteiger partial charge in [-0.3, -0.25) is 9.59 Å². The fourth-order valence-corrected chi connectivity index (χ4v) is 4.11. The second-order valence-electron chi connectivity index (χ2n) is 7.78. The Balaban J connectivity index is 1.80. The summed E-state index contributed by atoms with van der Waals surface area (Å²) in [6.45, 7) is 10.1. The van der Waals surface area contributed by atoms with Gasteiger partial charge in [0.05, 0.1) is 35.2 Å². The van der Waals surface area contributed by atoms with E-state index in [-0.39, 0.29) is 24.1 Å². The number of esters is 1. The molecule has 0 saturated heterocycles. The van der Waals surface area contributed by atoms with Crippen LogP contribution in [0.3, 0.4) is 0 Å². The topological polar surface area (TPSA) is 79.8 Å². The Hall–Kier alpha value is -3.06. The fraction of sp³-hybridized carbons (Fsp3) is 0.320. The molecule has 6 nitrogen and oxygen atoms in total. The SMILES string of the molecule is CCOC(=O)CC1=CC(SCC(=O)Nc2c(C)cccc2C)=Nc2cc(C)c(C)cc2N1. The van der Waals surface area contributed by atoms with E-state index in [4.69, 9.17) is 9.73 Å². The number of fused-ring (bicyclic) bond motifs is 1. The van der Waals surface area contributed by atoms with Gasteiger partial charge in [0.2, 0.25) is 5.91 Å². The van der Waals surface area contributed by atoms with Crippen molar-refractivity contribution in [2.75, 3.05) is 23.0 Å². The molecular weight excluding hydrogens is 422 g/mol. The Labute approximate surface area is 193 Å². The van der Waals surface area contributed by atoms with Gasteiger partial charge >= 0.3 is 5.97 Å². The van der Waals surface area contributed by atoms with Crippen LogP contribution in [0.15, 0.2) is 47.1 Å². The summed E-state index contributed by atoms with van der Waals surface area (Å²) in [5, 5.41) is 6.99. The molecule has 1 aliphatic rings. The van der Waals surface area contributed by atoms with Gasteiger partial charge in [0.25, 0.3) is 0 Å². The van der Waals surface area contributed by atoms with Crippen molar-refractivity contribution in [1.82, 2.24) is 0 Å². The van der Waals surface area contributed by atoms with E-state index in [2.05, 4.69) is 10.6 Å². The molecule has 3 rings (SSSR count). The summed E-state index contributed by atoms with van der Waals surface area (Å²) in [7, 11) is 0. The van der Waals surface area contributed by atoms with E-state index in [0.29, 0.717) is 17.3 Å². The highest BCUT2D eigenvalue weighted by Gasteiger charge is 2.17. The summed E-state index contributed by atoms with van der Waals surface area (Å²) in [6.07, 6.45) is 1.92. The molecular formula is C25H29N3O3S. The lowest BCUT2D eigenvalue weighted by Crippen LogP contribution is -2.16. The van der Waals surface area contributed by atoms with Crippen LogP contribution in [0.1, 0.15) is 35.6 Å². The maximum Gasteiger partial charge on any atom is 0.311 e. The van der Waals surface area contributed by atoms with Crippen LogP contribution in [0.5, 0.6) is 0 Å². The Bertz CT molecular complexity index is 1090. The Morgan fingerprint density at radius 2 is 1.75 bits per heavy atom. The van der Waals surface area contributed by atoms with Crippen molar-refractivity contribution >= 4 is 45.7 Å². The van der Waals surface area contributed by atoms with Crippen LogP contribution < -0.4 is 10.6 Å². The highest BCUT2D eigenvalue weighted by Crippen LogP contribution is 2.34. The quantitative estimate of drug-likeness (QED) is 0.560. The fourth-order valence-electron chi connectivity index (χ4n) is 3.37. The van der Waals surface area contributed by atoms with Crippen molar-refractivity contribution in [2.24, 2.45) is 4.99 Å². The van der Waals surface area contributed by atoms with Gasteiger partial charge < -0.3 is 15.4 Å². The van der Waals surface area contributed by atoms with E-state index in [1.54, 1.807) is 6.92 Å². The van der Waals surface area contributed by atoms with Crippen LogP contribution in [0.4, 0.5) is 17.1 Å². The third-order valence-corrected chi connectivity index (χ3v) is 6.08. The summed E-state index contributed by atoms with van der Waals surface area (Å²) in [5.74, 6) is -0.209. The summed E-state index contributed by atoms with van der Waals surface area (Å²) >= 11 is 1.34. The summed E-state index contributed by atoms with van der Waals surface area (Å²) in [6, 6.07) is 9.95. The minimum atomic E-state index is -0.310. The van der Waals surface area contributed by atoms with E-state index >= 15 is 0 Å². The molecule has 0 spiro atoms. The standard InChI is InChI=1S/C25H29N3O3S/c1-6-31-24(30)13-19-12-23(27-21-11-18(5)17(4)10-20(21)26-19)32-14-22(29)28-25-15(2)8-7-9-16(25)3/h7-12,26H,6,13-14H2,1-5H3,(H,28,29). The number of rotatable bonds is 6. The van der Waals surface area contributed by atoms with Crippen molar-refractivity contribution in [3.63, 3.8) is 0 Å². The Morgan fingerprint density at radius 3 is 2.44 bits per heavy atom. The summed E-state index contributed by atoms with van der Waals surface area (Å²) < 4.78 is 5.11. The van der Waals surface area contributed by atoms with Crippen LogP contribution in [-0.4, -0.2) is 29.3 Å². The smallest absolute Gasteiger partial charge is 0.311 e. The molecule has 168 valence electrons. The van der Waals surface area contributed by atoms with Gasteiger partial charge in [0.15, 0.2) is 0 Å². The molecule has 0 fully saturated rings. The number of benzene rings is 2. The molecule has 1 heterocycles. The van der Waals surface area contributed by atoms with E-state index in [1.165, 1.54) is 11.8 Å². The number of carbonyl (C=O) groups excluding carboxylic acids is 2. The first-order chi connectivity index (χ1) is 15.3. The third kappa shape index (κ3) is 6.01. The second-order valence-corrected chi connectivity index (χ2v) is 8.78. The zero-order valence-corrected chi connectivity index (χ0v) is 20.0. The van der Waals surface area contributed by atoms with Gasteiger partial charge in [-0.25, -0.2) is 4.99 Å². The van der Waals surface area contributed by atoms with E-state index in [9.17, 15) is 9.59 Å². The van der Waals surface area contributed by atoms with E-state index in [1.807, 2.05) is 64.1 Å². The molecule has 0 aliphatic carbocycles. The van der Waals surface area contributed by atoms with Crippen LogP contribution in [0.2, 0.25) is 0 Å². The van der Waals surface area contributed by atoms with Gasteiger partial charge in [-0.05, 0) is 75.1 Å². The van der Waals surface area contributed by atoms with Crippen molar-refractivity contribution < 1.29 is 14.3 Å². The molecule has 2 aromatic rings. The molecule has 2 aromatic carbocycles. The number of para-hydroxylation sites is 1. The zero-order valence-electron chi connectivity index (χ0n) is 19.2. The predicted molar refractivity (Wildman–Crippen MR) is 133 cm³/mol. The van der Waals surface area contributed by atoms with Crippen molar-refractivity contribution in [3.8, 4) is 0 Å². The first kappa shape index (κ1) is 23.6. The second kappa shape index (κ2) is 10.5. The molecule has 0 atom stereocenters. The lowest BCUT2D eigenvalue weighted by atomic mass is 10.1. The molecule has 2 N–H and O–H groups in total. The zero-order chi connectivity index (χ0) is 23.3. The number of nitrogens with zero attached hydrogens (tertiary/aromatic N) is 1. The molecule has 1 amide bonds. The molecule has 1 aliphatic heterocycles. The minimum absolute atomic E-state index is 0.104. The van der Waals surface area contributed by atoms with Crippen LogP contribution >= 0.6 is 11.8 Å². The van der Waals surface area contributed by atoms with Crippen LogP contribution in [0.25, 0.3) is 0 Å². The van der Waals surface area contributed by atoms with Crippen molar-refractivity contribution in [3.05, 3.63) is 64.4 Å². The summed E-state index contributed by atoms with van der Waals surface area (Å²) in [5.41, 5.74) is 7.45. The number of aryl methyl sites for hydroxylation is 4. The molecule has 0 bridgehead atoms.